The number of phenols is 4. The van der Waals surface area contributed by atoms with E-state index in [1.807, 2.05) is 0 Å². The molecular weight excluding hydrogens is 520 g/mol. The second kappa shape index (κ2) is 11.0. The molecule has 2 fully saturated rings. The molecular formula is C26H24O13. The molecule has 39 heavy (non-hydrogen) atoms. The average Bonchev–Trinajstić information content (AvgIpc) is 3.22. The van der Waals surface area contributed by atoms with Gasteiger partial charge in [-0.3, -0.25) is 0 Å². The molecule has 6 N–H and O–H groups in total. The van der Waals surface area contributed by atoms with Gasteiger partial charge in [-0.15, -0.1) is 0 Å². The van der Waals surface area contributed by atoms with Gasteiger partial charge < -0.3 is 49.6 Å². The lowest BCUT2D eigenvalue weighted by Gasteiger charge is -2.35. The van der Waals surface area contributed by atoms with E-state index in [0.717, 1.165) is 12.2 Å². The van der Waals surface area contributed by atoms with E-state index >= 15 is 0 Å². The maximum Gasteiger partial charge on any atom is 0.364 e. The lowest BCUT2D eigenvalue weighted by atomic mass is 9.95. The topological polar surface area (TPSA) is 210 Å². The fourth-order valence-corrected chi connectivity index (χ4v) is 4.06. The van der Waals surface area contributed by atoms with Gasteiger partial charge in [-0.05, 0) is 47.5 Å². The summed E-state index contributed by atoms with van der Waals surface area (Å²) in [6.07, 6.45) is -1.31. The monoisotopic (exact) mass is 544 g/mol. The number of aromatic hydroxyl groups is 4. The number of hydrogen-bond acceptors (Lipinski definition) is 12. The quantitative estimate of drug-likeness (QED) is 0.156. The fraction of sp³-hybridized carbons (Fsp3) is 0.269. The number of aliphatic hydroxyl groups excluding tert-OH is 1. The van der Waals surface area contributed by atoms with Gasteiger partial charge in [0.05, 0.1) is 6.42 Å². The standard InChI is InChI=1S/C26H24O13/c27-15-5-1-13(9-17(15)29)3-7-21(31)36-12-20-24-23(33)19(11-26(38-20,39-24)25(34)35)37-22(32)8-4-14-2-6-16(28)18(30)10-14/h1-10,19-20,23-24,27-30,33H,11-12H2,(H,34,35)/t19-,20-,23-,24-,26+/m1/s1. The van der Waals surface area contributed by atoms with Gasteiger partial charge in [0.1, 0.15) is 31.0 Å². The third-order valence-electron chi connectivity index (χ3n) is 6.03. The van der Waals surface area contributed by atoms with Crippen molar-refractivity contribution in [3.05, 3.63) is 59.7 Å². The molecule has 4 rings (SSSR count). The number of phenolic OH excluding ortho intramolecular Hbond substituents is 4. The van der Waals surface area contributed by atoms with Crippen LogP contribution in [0.4, 0.5) is 0 Å². The molecule has 2 aliphatic rings. The van der Waals surface area contributed by atoms with E-state index < -0.39 is 66.9 Å². The number of aliphatic hydroxyl groups is 1. The molecule has 0 aromatic heterocycles. The number of hydrogen-bond donors (Lipinski definition) is 6. The Kier molecular flexibility index (Phi) is 7.76. The minimum absolute atomic E-state index is 0.331. The summed E-state index contributed by atoms with van der Waals surface area (Å²) >= 11 is 0. The number of esters is 2. The molecule has 0 unspecified atom stereocenters. The molecule has 2 aromatic carbocycles. The molecule has 2 saturated heterocycles. The number of carbonyl (C=O) groups excluding carboxylic acids is 2. The zero-order chi connectivity index (χ0) is 28.3. The molecule has 2 aliphatic heterocycles. The highest BCUT2D eigenvalue weighted by Gasteiger charge is 2.63. The Labute approximate surface area is 220 Å². The van der Waals surface area contributed by atoms with Crippen LogP contribution in [0, 0.1) is 0 Å². The normalized spacial score (nSPS) is 26.1. The van der Waals surface area contributed by atoms with E-state index in [4.69, 9.17) is 18.9 Å². The number of aliphatic carboxylic acids is 1. The Morgan fingerprint density at radius 3 is 1.97 bits per heavy atom. The van der Waals surface area contributed by atoms with Gasteiger partial charge in [0.15, 0.2) is 23.0 Å². The largest absolute Gasteiger partial charge is 0.504 e. The van der Waals surface area contributed by atoms with Crippen LogP contribution in [0.3, 0.4) is 0 Å². The van der Waals surface area contributed by atoms with Crippen LogP contribution in [0.1, 0.15) is 17.5 Å². The molecule has 13 nitrogen and oxygen atoms in total. The van der Waals surface area contributed by atoms with E-state index in [-0.39, 0.29) is 17.2 Å². The van der Waals surface area contributed by atoms with Crippen LogP contribution in [0.2, 0.25) is 0 Å². The summed E-state index contributed by atoms with van der Waals surface area (Å²) in [4.78, 5) is 36.4. The summed E-state index contributed by atoms with van der Waals surface area (Å²) in [5, 5.41) is 58.2. The summed E-state index contributed by atoms with van der Waals surface area (Å²) < 4.78 is 21.3. The number of ether oxygens (including phenoxy) is 4. The number of benzene rings is 2. The van der Waals surface area contributed by atoms with Crippen LogP contribution in [0.15, 0.2) is 48.6 Å². The average molecular weight is 544 g/mol. The fourth-order valence-electron chi connectivity index (χ4n) is 4.06. The van der Waals surface area contributed by atoms with Crippen LogP contribution in [-0.2, 0) is 33.3 Å². The van der Waals surface area contributed by atoms with Gasteiger partial charge in [-0.25, -0.2) is 14.4 Å². The predicted octanol–water partition coefficient (Wildman–Crippen LogP) is 1.02. The van der Waals surface area contributed by atoms with Crippen LogP contribution in [0.5, 0.6) is 23.0 Å². The summed E-state index contributed by atoms with van der Waals surface area (Å²) in [7, 11) is 0. The van der Waals surface area contributed by atoms with Crippen molar-refractivity contribution in [2.45, 2.75) is 36.6 Å². The molecule has 0 amide bonds. The van der Waals surface area contributed by atoms with Crippen molar-refractivity contribution in [2.75, 3.05) is 6.61 Å². The van der Waals surface area contributed by atoms with Crippen LogP contribution in [0.25, 0.3) is 12.2 Å². The van der Waals surface area contributed by atoms with Gasteiger partial charge in [0, 0.05) is 12.2 Å². The number of carboxylic acid groups (broad SMARTS) is 1. The van der Waals surface area contributed by atoms with Crippen molar-refractivity contribution in [2.24, 2.45) is 0 Å². The van der Waals surface area contributed by atoms with E-state index in [9.17, 15) is 45.0 Å². The molecule has 0 radical (unpaired) electrons. The molecule has 13 heteroatoms. The molecule has 2 heterocycles. The van der Waals surface area contributed by atoms with Crippen molar-refractivity contribution in [3.63, 3.8) is 0 Å². The molecule has 0 spiro atoms. The van der Waals surface area contributed by atoms with Crippen LogP contribution in [-0.4, -0.2) is 85.4 Å². The highest BCUT2D eigenvalue weighted by atomic mass is 16.8. The Balaban J connectivity index is 1.38. The number of fused-ring (bicyclic) bond motifs is 2. The Hall–Kier alpha value is -4.59. The number of carboxylic acids is 1. The van der Waals surface area contributed by atoms with E-state index in [0.29, 0.717) is 11.1 Å². The summed E-state index contributed by atoms with van der Waals surface area (Å²) in [6, 6.07) is 7.72. The third kappa shape index (κ3) is 6.12. The Morgan fingerprint density at radius 1 is 0.872 bits per heavy atom. The Morgan fingerprint density at radius 2 is 1.44 bits per heavy atom. The highest BCUT2D eigenvalue weighted by Crippen LogP contribution is 2.42. The zero-order valence-corrected chi connectivity index (χ0v) is 20.0. The van der Waals surface area contributed by atoms with Gasteiger partial charge in [-0.2, -0.15) is 0 Å². The molecule has 0 saturated carbocycles. The van der Waals surface area contributed by atoms with Gasteiger partial charge in [-0.1, -0.05) is 12.1 Å². The van der Waals surface area contributed by atoms with E-state index in [1.54, 1.807) is 0 Å². The molecule has 2 aromatic rings. The minimum atomic E-state index is -2.25. The highest BCUT2D eigenvalue weighted by molar-refractivity contribution is 5.88. The van der Waals surface area contributed by atoms with Crippen molar-refractivity contribution < 1.29 is 64.0 Å². The maximum atomic E-state index is 12.3. The first-order valence-electron chi connectivity index (χ1n) is 11.5. The van der Waals surface area contributed by atoms with Crippen molar-refractivity contribution in [1.82, 2.24) is 0 Å². The number of rotatable bonds is 8. The van der Waals surface area contributed by atoms with E-state index in [2.05, 4.69) is 0 Å². The first kappa shape index (κ1) is 27.4. The Bertz CT molecular complexity index is 1330. The van der Waals surface area contributed by atoms with Crippen molar-refractivity contribution in [1.29, 1.82) is 0 Å². The maximum absolute atomic E-state index is 12.3. The minimum Gasteiger partial charge on any atom is -0.504 e. The summed E-state index contributed by atoms with van der Waals surface area (Å²) in [6.45, 7) is -0.494. The first-order chi connectivity index (χ1) is 18.5. The molecule has 0 aliphatic carbocycles. The predicted molar refractivity (Wildman–Crippen MR) is 129 cm³/mol. The second-order valence-electron chi connectivity index (χ2n) is 8.76. The lowest BCUT2D eigenvalue weighted by molar-refractivity contribution is -0.247. The lowest BCUT2D eigenvalue weighted by Crippen LogP contribution is -2.55. The molecule has 5 atom stereocenters. The number of carbonyl (C=O) groups is 3. The van der Waals surface area contributed by atoms with E-state index in [1.165, 1.54) is 48.6 Å². The second-order valence-corrected chi connectivity index (χ2v) is 8.76. The van der Waals surface area contributed by atoms with Crippen molar-refractivity contribution >= 4 is 30.1 Å². The van der Waals surface area contributed by atoms with Gasteiger partial charge in [0.25, 0.3) is 5.79 Å². The van der Waals surface area contributed by atoms with Gasteiger partial charge >= 0.3 is 17.9 Å². The third-order valence-corrected chi connectivity index (χ3v) is 6.03. The van der Waals surface area contributed by atoms with Gasteiger partial charge in [0.2, 0.25) is 0 Å². The summed E-state index contributed by atoms with van der Waals surface area (Å²) in [5.74, 6) is -7.01. The van der Waals surface area contributed by atoms with Crippen molar-refractivity contribution in [3.8, 4) is 23.0 Å². The SMILES string of the molecule is O=C(C=Cc1ccc(O)c(O)c1)OC[C@H]1O[C@@]2(C(=O)O)C[C@@H](OC(=O)C=Cc3ccc(O)c(O)c3)[C@@H](O)[C@@H]1O2. The summed E-state index contributed by atoms with van der Waals surface area (Å²) in [5.41, 5.74) is 0.748. The first-order valence-corrected chi connectivity index (χ1v) is 11.5. The van der Waals surface area contributed by atoms with Crippen LogP contribution >= 0.6 is 0 Å². The molecule has 206 valence electrons. The smallest absolute Gasteiger partial charge is 0.364 e. The zero-order valence-electron chi connectivity index (χ0n) is 20.0. The van der Waals surface area contributed by atoms with Crippen LogP contribution < -0.4 is 0 Å². The molecule has 2 bridgehead atoms.